The maximum atomic E-state index is 10.7. The van der Waals surface area contributed by atoms with Gasteiger partial charge in [-0.25, -0.2) is 0 Å². The molecule has 0 unspecified atom stereocenters. The Morgan fingerprint density at radius 1 is 1.38 bits per heavy atom. The lowest BCUT2D eigenvalue weighted by Gasteiger charge is -2.27. The van der Waals surface area contributed by atoms with Crippen molar-refractivity contribution in [3.05, 3.63) is 0 Å². The van der Waals surface area contributed by atoms with Crippen molar-refractivity contribution in [1.82, 2.24) is 0 Å². The number of hydrogen-bond acceptors (Lipinski definition) is 3. The molecule has 74 valence electrons. The highest BCUT2D eigenvalue weighted by Gasteiger charge is 2.32. The Hall–Kier alpha value is -1.10. The second-order valence-electron chi connectivity index (χ2n) is 3.17. The number of carboxylic acids is 2. The van der Waals surface area contributed by atoms with E-state index >= 15 is 0 Å². The third-order valence-corrected chi connectivity index (χ3v) is 2.25. The Balaban J connectivity index is 2.56. The number of carboxylic acid groups (broad SMARTS) is 2. The molecule has 0 spiro atoms. The average Bonchev–Trinajstić information content (AvgIpc) is 2.03. The van der Waals surface area contributed by atoms with Gasteiger partial charge in [-0.3, -0.25) is 9.59 Å². The molecule has 2 atom stereocenters. The Labute approximate surface area is 75.3 Å². The average molecular weight is 188 g/mol. The maximum absolute atomic E-state index is 10.7. The van der Waals surface area contributed by atoms with Crippen LogP contribution in [0.15, 0.2) is 0 Å². The molecule has 0 amide bonds. The molecule has 13 heavy (non-hydrogen) atoms. The summed E-state index contributed by atoms with van der Waals surface area (Å²) in [6.45, 7) is 0.592. The maximum Gasteiger partial charge on any atom is 0.309 e. The minimum atomic E-state index is -0.967. The van der Waals surface area contributed by atoms with Crippen molar-refractivity contribution in [1.29, 1.82) is 0 Å². The quantitative estimate of drug-likeness (QED) is 0.660. The lowest BCUT2D eigenvalue weighted by atomic mass is 9.86. The molecule has 1 fully saturated rings. The van der Waals surface area contributed by atoms with Gasteiger partial charge in [0.2, 0.25) is 0 Å². The van der Waals surface area contributed by atoms with Crippen LogP contribution in [0.5, 0.6) is 0 Å². The molecule has 2 N–H and O–H groups in total. The molecule has 0 bridgehead atoms. The number of rotatable bonds is 3. The zero-order valence-electron chi connectivity index (χ0n) is 7.10. The van der Waals surface area contributed by atoms with E-state index in [9.17, 15) is 9.59 Å². The molecule has 5 heteroatoms. The largest absolute Gasteiger partial charge is 0.481 e. The molecular formula is C8H12O5. The van der Waals surface area contributed by atoms with Crippen molar-refractivity contribution >= 4 is 11.9 Å². The molecule has 1 rings (SSSR count). The Morgan fingerprint density at radius 3 is 2.62 bits per heavy atom. The van der Waals surface area contributed by atoms with Crippen molar-refractivity contribution in [2.75, 3.05) is 13.2 Å². The predicted octanol–water partition coefficient (Wildman–Crippen LogP) is 0.198. The number of carbonyl (C=O) groups is 2. The molecule has 1 saturated heterocycles. The Kier molecular flexibility index (Phi) is 3.25. The van der Waals surface area contributed by atoms with Crippen LogP contribution in [0.3, 0.4) is 0 Å². The SMILES string of the molecule is O=C(O)C[C@@H]1CCOC[C@H]1C(=O)O. The number of aliphatic carboxylic acids is 2. The molecular weight excluding hydrogens is 176 g/mol. The predicted molar refractivity (Wildman–Crippen MR) is 42.3 cm³/mol. The van der Waals surface area contributed by atoms with Gasteiger partial charge >= 0.3 is 11.9 Å². The first kappa shape index (κ1) is 9.98. The van der Waals surface area contributed by atoms with Gasteiger partial charge < -0.3 is 14.9 Å². The van der Waals surface area contributed by atoms with Gasteiger partial charge in [0, 0.05) is 13.0 Å². The van der Waals surface area contributed by atoms with Crippen LogP contribution in [-0.2, 0) is 14.3 Å². The highest BCUT2D eigenvalue weighted by molar-refractivity contribution is 5.73. The topological polar surface area (TPSA) is 83.8 Å². The van der Waals surface area contributed by atoms with Crippen LogP contribution in [-0.4, -0.2) is 35.4 Å². The van der Waals surface area contributed by atoms with Gasteiger partial charge in [0.1, 0.15) is 0 Å². The first-order valence-corrected chi connectivity index (χ1v) is 4.13. The van der Waals surface area contributed by atoms with Crippen molar-refractivity contribution in [3.63, 3.8) is 0 Å². The van der Waals surface area contributed by atoms with E-state index in [0.29, 0.717) is 13.0 Å². The van der Waals surface area contributed by atoms with E-state index in [-0.39, 0.29) is 18.9 Å². The van der Waals surface area contributed by atoms with E-state index < -0.39 is 17.9 Å². The lowest BCUT2D eigenvalue weighted by molar-refractivity contribution is -0.151. The summed E-state index contributed by atoms with van der Waals surface area (Å²) in [4.78, 5) is 21.1. The summed E-state index contributed by atoms with van der Waals surface area (Å²) < 4.78 is 4.98. The summed E-state index contributed by atoms with van der Waals surface area (Å²) in [5.41, 5.74) is 0. The van der Waals surface area contributed by atoms with E-state index in [1.165, 1.54) is 0 Å². The summed E-state index contributed by atoms with van der Waals surface area (Å²) in [6, 6.07) is 0. The molecule has 0 aromatic carbocycles. The summed E-state index contributed by atoms with van der Waals surface area (Å²) >= 11 is 0. The first-order chi connectivity index (χ1) is 6.11. The normalized spacial score (nSPS) is 28.3. The first-order valence-electron chi connectivity index (χ1n) is 4.13. The monoisotopic (exact) mass is 188 g/mol. The molecule has 0 radical (unpaired) electrons. The van der Waals surface area contributed by atoms with Gasteiger partial charge in [-0.2, -0.15) is 0 Å². The lowest BCUT2D eigenvalue weighted by Crippen LogP contribution is -2.34. The highest BCUT2D eigenvalue weighted by atomic mass is 16.5. The summed E-state index contributed by atoms with van der Waals surface area (Å²) in [7, 11) is 0. The zero-order valence-corrected chi connectivity index (χ0v) is 7.10. The highest BCUT2D eigenvalue weighted by Crippen LogP contribution is 2.25. The van der Waals surface area contributed by atoms with Crippen molar-refractivity contribution < 1.29 is 24.5 Å². The van der Waals surface area contributed by atoms with Gasteiger partial charge in [-0.05, 0) is 12.3 Å². The summed E-state index contributed by atoms with van der Waals surface area (Å²) in [5.74, 6) is -2.86. The van der Waals surface area contributed by atoms with E-state index in [0.717, 1.165) is 0 Å². The molecule has 0 saturated carbocycles. The summed E-state index contributed by atoms with van der Waals surface area (Å²) in [5, 5.41) is 17.3. The number of hydrogen-bond donors (Lipinski definition) is 2. The van der Waals surface area contributed by atoms with E-state index in [1.807, 2.05) is 0 Å². The molecule has 0 aromatic heterocycles. The van der Waals surface area contributed by atoms with Gasteiger partial charge in [0.05, 0.1) is 12.5 Å². The fraction of sp³-hybridized carbons (Fsp3) is 0.750. The van der Waals surface area contributed by atoms with Gasteiger partial charge in [-0.15, -0.1) is 0 Å². The van der Waals surface area contributed by atoms with Crippen LogP contribution in [0.1, 0.15) is 12.8 Å². The minimum absolute atomic E-state index is 0.0830. The number of ether oxygens (including phenoxy) is 1. The Morgan fingerprint density at radius 2 is 2.08 bits per heavy atom. The van der Waals surface area contributed by atoms with Crippen LogP contribution in [0, 0.1) is 11.8 Å². The van der Waals surface area contributed by atoms with Crippen LogP contribution in [0.2, 0.25) is 0 Å². The standard InChI is InChI=1S/C8H12O5/c9-7(10)3-5-1-2-13-4-6(5)8(11)12/h5-6H,1-4H2,(H,9,10)(H,11,12)/t5-,6+/m0/s1. The zero-order chi connectivity index (χ0) is 9.84. The third kappa shape index (κ3) is 2.69. The van der Waals surface area contributed by atoms with E-state index in [2.05, 4.69) is 0 Å². The van der Waals surface area contributed by atoms with Crippen LogP contribution in [0.25, 0.3) is 0 Å². The van der Waals surface area contributed by atoms with Gasteiger partial charge in [0.15, 0.2) is 0 Å². The van der Waals surface area contributed by atoms with Crippen molar-refractivity contribution in [2.24, 2.45) is 11.8 Å². The Bertz CT molecular complexity index is 213. The fourth-order valence-corrected chi connectivity index (χ4v) is 1.52. The molecule has 1 aliphatic rings. The summed E-state index contributed by atoms with van der Waals surface area (Å²) in [6.07, 6.45) is 0.434. The van der Waals surface area contributed by atoms with E-state index in [1.54, 1.807) is 0 Å². The molecule has 0 aliphatic carbocycles. The molecule has 1 aliphatic heterocycles. The molecule has 0 aromatic rings. The van der Waals surface area contributed by atoms with Crippen molar-refractivity contribution in [3.8, 4) is 0 Å². The van der Waals surface area contributed by atoms with Crippen LogP contribution in [0.4, 0.5) is 0 Å². The fourth-order valence-electron chi connectivity index (χ4n) is 1.52. The van der Waals surface area contributed by atoms with Crippen LogP contribution >= 0.6 is 0 Å². The van der Waals surface area contributed by atoms with Crippen LogP contribution < -0.4 is 0 Å². The second-order valence-corrected chi connectivity index (χ2v) is 3.17. The molecule has 5 nitrogen and oxygen atoms in total. The molecule has 1 heterocycles. The second kappa shape index (κ2) is 4.23. The van der Waals surface area contributed by atoms with Crippen molar-refractivity contribution in [2.45, 2.75) is 12.8 Å². The third-order valence-electron chi connectivity index (χ3n) is 2.25. The van der Waals surface area contributed by atoms with E-state index in [4.69, 9.17) is 14.9 Å². The van der Waals surface area contributed by atoms with Gasteiger partial charge in [0.25, 0.3) is 0 Å². The van der Waals surface area contributed by atoms with Gasteiger partial charge in [-0.1, -0.05) is 0 Å². The smallest absolute Gasteiger partial charge is 0.309 e. The minimum Gasteiger partial charge on any atom is -0.481 e.